The molecule has 0 amide bonds. The summed E-state index contributed by atoms with van der Waals surface area (Å²) >= 11 is 0. The Labute approximate surface area is 114 Å². The van der Waals surface area contributed by atoms with Crippen molar-refractivity contribution in [1.29, 1.82) is 0 Å². The van der Waals surface area contributed by atoms with E-state index in [1.54, 1.807) is 14.0 Å². The molecule has 1 aromatic carbocycles. The third-order valence-corrected chi connectivity index (χ3v) is 3.29. The third-order valence-electron chi connectivity index (χ3n) is 3.29. The number of carbonyl (C=O) groups excluding carboxylic acids is 1. The molecule has 1 rings (SSSR count). The van der Waals surface area contributed by atoms with Gasteiger partial charge in [0.05, 0.1) is 13.7 Å². The van der Waals surface area contributed by atoms with Crippen LogP contribution in [0, 0.1) is 0 Å². The average Bonchev–Trinajstić information content (AvgIpc) is 2.40. The molecule has 0 aliphatic carbocycles. The maximum Gasteiger partial charge on any atom is 0.338 e. The van der Waals surface area contributed by atoms with Crippen LogP contribution in [0.2, 0.25) is 0 Å². The second kappa shape index (κ2) is 6.57. The normalized spacial score (nSPS) is 15.4. The van der Waals surface area contributed by atoms with Crippen LogP contribution in [0.5, 0.6) is 5.75 Å². The SMILES string of the molecule is CCOC(=O)C(C)(O)C(CC)c1ccc(OC)cc1. The molecule has 0 aromatic heterocycles. The summed E-state index contributed by atoms with van der Waals surface area (Å²) in [6.07, 6.45) is 0.637. The quantitative estimate of drug-likeness (QED) is 0.804. The number of rotatable bonds is 6. The lowest BCUT2D eigenvalue weighted by molar-refractivity contribution is -0.165. The molecule has 0 spiro atoms. The van der Waals surface area contributed by atoms with Gasteiger partial charge in [0, 0.05) is 5.92 Å². The van der Waals surface area contributed by atoms with Gasteiger partial charge in [-0.05, 0) is 38.0 Å². The van der Waals surface area contributed by atoms with Gasteiger partial charge in [0.2, 0.25) is 0 Å². The predicted molar refractivity (Wildman–Crippen MR) is 73.3 cm³/mol. The smallest absolute Gasteiger partial charge is 0.338 e. The molecule has 0 aliphatic heterocycles. The van der Waals surface area contributed by atoms with E-state index >= 15 is 0 Å². The minimum atomic E-state index is -1.53. The van der Waals surface area contributed by atoms with Gasteiger partial charge in [-0.3, -0.25) is 0 Å². The van der Waals surface area contributed by atoms with E-state index in [4.69, 9.17) is 9.47 Å². The number of benzene rings is 1. The molecule has 1 aromatic rings. The van der Waals surface area contributed by atoms with Crippen LogP contribution in [0.15, 0.2) is 24.3 Å². The zero-order chi connectivity index (χ0) is 14.5. The minimum Gasteiger partial charge on any atom is -0.497 e. The molecule has 1 N–H and O–H groups in total. The molecule has 19 heavy (non-hydrogen) atoms. The van der Waals surface area contributed by atoms with Gasteiger partial charge in [0.25, 0.3) is 0 Å². The van der Waals surface area contributed by atoms with Crippen molar-refractivity contribution < 1.29 is 19.4 Å². The molecule has 4 nitrogen and oxygen atoms in total. The largest absolute Gasteiger partial charge is 0.497 e. The third kappa shape index (κ3) is 3.47. The van der Waals surface area contributed by atoms with Crippen molar-refractivity contribution in [2.24, 2.45) is 0 Å². The summed E-state index contributed by atoms with van der Waals surface area (Å²) < 4.78 is 10.0. The molecule has 106 valence electrons. The first-order valence-corrected chi connectivity index (χ1v) is 6.50. The lowest BCUT2D eigenvalue weighted by Gasteiger charge is -2.30. The summed E-state index contributed by atoms with van der Waals surface area (Å²) in [4.78, 5) is 11.9. The van der Waals surface area contributed by atoms with Crippen LogP contribution < -0.4 is 4.74 Å². The monoisotopic (exact) mass is 266 g/mol. The Kier molecular flexibility index (Phi) is 5.36. The van der Waals surface area contributed by atoms with Crippen LogP contribution in [0.4, 0.5) is 0 Å². The Balaban J connectivity index is 3.00. The van der Waals surface area contributed by atoms with Crippen molar-refractivity contribution in [2.45, 2.75) is 38.7 Å². The highest BCUT2D eigenvalue weighted by Crippen LogP contribution is 2.33. The number of hydrogen-bond donors (Lipinski definition) is 1. The van der Waals surface area contributed by atoms with Crippen LogP contribution in [-0.4, -0.2) is 30.4 Å². The molecule has 2 atom stereocenters. The average molecular weight is 266 g/mol. The van der Waals surface area contributed by atoms with Gasteiger partial charge in [0.15, 0.2) is 5.60 Å². The first-order chi connectivity index (χ1) is 8.97. The van der Waals surface area contributed by atoms with Crippen LogP contribution in [0.3, 0.4) is 0 Å². The van der Waals surface area contributed by atoms with E-state index in [0.717, 1.165) is 11.3 Å². The highest BCUT2D eigenvalue weighted by molar-refractivity contribution is 5.80. The molecular formula is C15H22O4. The van der Waals surface area contributed by atoms with Gasteiger partial charge in [-0.2, -0.15) is 0 Å². The zero-order valence-electron chi connectivity index (χ0n) is 12.0. The van der Waals surface area contributed by atoms with Crippen LogP contribution in [0.1, 0.15) is 38.7 Å². The second-order valence-electron chi connectivity index (χ2n) is 4.60. The summed E-state index contributed by atoms with van der Waals surface area (Å²) in [5, 5.41) is 10.4. The van der Waals surface area contributed by atoms with E-state index in [1.807, 2.05) is 31.2 Å². The fraction of sp³-hybridized carbons (Fsp3) is 0.533. The Morgan fingerprint density at radius 3 is 2.32 bits per heavy atom. The van der Waals surface area contributed by atoms with Gasteiger partial charge in [-0.1, -0.05) is 19.1 Å². The van der Waals surface area contributed by atoms with E-state index in [1.165, 1.54) is 6.92 Å². The van der Waals surface area contributed by atoms with Gasteiger partial charge in [-0.25, -0.2) is 4.79 Å². The Hall–Kier alpha value is -1.55. The summed E-state index contributed by atoms with van der Waals surface area (Å²) in [5.41, 5.74) is -0.638. The molecular weight excluding hydrogens is 244 g/mol. The molecule has 0 radical (unpaired) electrons. The van der Waals surface area contributed by atoms with Crippen molar-refractivity contribution in [1.82, 2.24) is 0 Å². The highest BCUT2D eigenvalue weighted by atomic mass is 16.5. The lowest BCUT2D eigenvalue weighted by Crippen LogP contribution is -2.42. The first-order valence-electron chi connectivity index (χ1n) is 6.50. The fourth-order valence-electron chi connectivity index (χ4n) is 2.21. The molecule has 0 fully saturated rings. The molecule has 0 bridgehead atoms. The fourth-order valence-corrected chi connectivity index (χ4v) is 2.21. The molecule has 0 heterocycles. The van der Waals surface area contributed by atoms with Crippen LogP contribution in [-0.2, 0) is 9.53 Å². The maximum atomic E-state index is 11.9. The predicted octanol–water partition coefficient (Wildman–Crippen LogP) is 2.50. The van der Waals surface area contributed by atoms with Gasteiger partial charge >= 0.3 is 5.97 Å². The van der Waals surface area contributed by atoms with Crippen LogP contribution >= 0.6 is 0 Å². The van der Waals surface area contributed by atoms with E-state index in [0.29, 0.717) is 6.42 Å². The Bertz CT molecular complexity index is 409. The maximum absolute atomic E-state index is 11.9. The zero-order valence-corrected chi connectivity index (χ0v) is 12.0. The number of methoxy groups -OCH3 is 1. The molecule has 0 saturated heterocycles. The lowest BCUT2D eigenvalue weighted by atomic mass is 9.81. The first kappa shape index (κ1) is 15.5. The number of ether oxygens (including phenoxy) is 2. The minimum absolute atomic E-state index is 0.258. The summed E-state index contributed by atoms with van der Waals surface area (Å²) in [6, 6.07) is 7.36. The second-order valence-corrected chi connectivity index (χ2v) is 4.60. The van der Waals surface area contributed by atoms with Crippen molar-refractivity contribution >= 4 is 5.97 Å². The molecule has 2 unspecified atom stereocenters. The van der Waals surface area contributed by atoms with Gasteiger partial charge in [-0.15, -0.1) is 0 Å². The summed E-state index contributed by atoms with van der Waals surface area (Å²) in [5.74, 6) is -0.149. The van der Waals surface area contributed by atoms with Crippen molar-refractivity contribution in [3.8, 4) is 5.75 Å². The van der Waals surface area contributed by atoms with Crippen molar-refractivity contribution in [3.05, 3.63) is 29.8 Å². The number of aliphatic hydroxyl groups is 1. The summed E-state index contributed by atoms with van der Waals surface area (Å²) in [7, 11) is 1.60. The van der Waals surface area contributed by atoms with Crippen molar-refractivity contribution in [2.75, 3.05) is 13.7 Å². The Morgan fingerprint density at radius 2 is 1.89 bits per heavy atom. The standard InChI is InChI=1S/C15H22O4/c1-5-13(15(3,17)14(16)19-6-2)11-7-9-12(18-4)10-8-11/h7-10,13,17H,5-6H2,1-4H3. The van der Waals surface area contributed by atoms with Gasteiger partial charge < -0.3 is 14.6 Å². The number of esters is 1. The number of carbonyl (C=O) groups is 1. The van der Waals surface area contributed by atoms with E-state index < -0.39 is 11.6 Å². The highest BCUT2D eigenvalue weighted by Gasteiger charge is 2.40. The summed E-state index contributed by atoms with van der Waals surface area (Å²) in [6.45, 7) is 5.42. The van der Waals surface area contributed by atoms with E-state index in [9.17, 15) is 9.90 Å². The topological polar surface area (TPSA) is 55.8 Å². The Morgan fingerprint density at radius 1 is 1.32 bits per heavy atom. The van der Waals surface area contributed by atoms with E-state index in [2.05, 4.69) is 0 Å². The number of hydrogen-bond acceptors (Lipinski definition) is 4. The molecule has 0 saturated carbocycles. The van der Waals surface area contributed by atoms with Crippen LogP contribution in [0.25, 0.3) is 0 Å². The molecule has 4 heteroatoms. The van der Waals surface area contributed by atoms with Gasteiger partial charge in [0.1, 0.15) is 5.75 Å². The molecule has 0 aliphatic rings. The van der Waals surface area contributed by atoms with E-state index in [-0.39, 0.29) is 12.5 Å². The van der Waals surface area contributed by atoms with Crippen molar-refractivity contribution in [3.63, 3.8) is 0 Å².